The van der Waals surface area contributed by atoms with Gasteiger partial charge >= 0.3 is 6.08 Å². The van der Waals surface area contributed by atoms with Crippen molar-refractivity contribution < 1.29 is 23.1 Å². The first kappa shape index (κ1) is 20.3. The summed E-state index contributed by atoms with van der Waals surface area (Å²) in [7, 11) is 0. The third kappa shape index (κ3) is 3.24. The number of hydrogen-bond donors (Lipinski definition) is 1. The summed E-state index contributed by atoms with van der Waals surface area (Å²) in [4.78, 5) is 12.1. The molecule has 0 spiro atoms. The minimum absolute atomic E-state index is 0.0341. The van der Waals surface area contributed by atoms with E-state index < -0.39 is 23.2 Å². The van der Waals surface area contributed by atoms with Crippen LogP contribution in [0.25, 0.3) is 0 Å². The van der Waals surface area contributed by atoms with Crippen LogP contribution in [0.3, 0.4) is 0 Å². The Morgan fingerprint density at radius 1 is 1.22 bits per heavy atom. The van der Waals surface area contributed by atoms with E-state index in [0.717, 1.165) is 6.07 Å². The Morgan fingerprint density at radius 3 is 2.69 bits per heavy atom. The van der Waals surface area contributed by atoms with E-state index in [1.54, 1.807) is 24.3 Å². The normalized spacial score (nSPS) is 23.9. The molecule has 3 aliphatic carbocycles. The zero-order valence-electron chi connectivity index (χ0n) is 16.5. The number of amides is 1. The van der Waals surface area contributed by atoms with Crippen LogP contribution in [0.5, 0.6) is 17.6 Å². The number of carbonyl (C=O) groups excluding carboxylic acids is 1. The summed E-state index contributed by atoms with van der Waals surface area (Å²) in [5.74, 6) is -0.263. The second-order valence-electron chi connectivity index (χ2n) is 8.26. The smallest absolute Gasteiger partial charge is 0.420 e. The molecule has 10 heteroatoms. The molecule has 8 nitrogen and oxygen atoms in total. The van der Waals surface area contributed by atoms with Crippen LogP contribution in [0.1, 0.15) is 30.7 Å². The largest absolute Gasteiger partial charge is 0.480 e. The zero-order valence-corrected chi connectivity index (χ0v) is 17.3. The molecule has 0 radical (unpaired) electrons. The van der Waals surface area contributed by atoms with Gasteiger partial charge in [-0.15, -0.1) is 5.10 Å². The van der Waals surface area contributed by atoms with Crippen molar-refractivity contribution in [1.82, 2.24) is 10.2 Å². The lowest BCUT2D eigenvalue weighted by atomic mass is 9.33. The van der Waals surface area contributed by atoms with E-state index in [4.69, 9.17) is 36.5 Å². The molecule has 6 rings (SSSR count). The Bertz CT molecular complexity index is 1250. The van der Waals surface area contributed by atoms with Gasteiger partial charge in [-0.3, -0.25) is 4.79 Å². The van der Waals surface area contributed by atoms with E-state index in [0.29, 0.717) is 36.5 Å². The number of halogens is 2. The van der Waals surface area contributed by atoms with Gasteiger partial charge in [0, 0.05) is 11.5 Å². The van der Waals surface area contributed by atoms with Crippen LogP contribution in [-0.4, -0.2) is 22.2 Å². The van der Waals surface area contributed by atoms with Crippen LogP contribution in [0.15, 0.2) is 46.9 Å². The molecule has 1 atom stereocenters. The lowest BCUT2D eigenvalue weighted by Crippen LogP contribution is -2.72. The van der Waals surface area contributed by atoms with Crippen molar-refractivity contribution in [3.63, 3.8) is 0 Å². The van der Waals surface area contributed by atoms with Gasteiger partial charge in [-0.25, -0.2) is 4.39 Å². The zero-order chi connectivity index (χ0) is 22.5. The highest BCUT2D eigenvalue weighted by Crippen LogP contribution is 2.75. The number of nitrogens with two attached hydrogens (primary N) is 1. The van der Waals surface area contributed by atoms with Crippen molar-refractivity contribution in [2.24, 2.45) is 11.1 Å². The first-order valence-electron chi connectivity index (χ1n) is 9.76. The van der Waals surface area contributed by atoms with Gasteiger partial charge in [0.2, 0.25) is 5.89 Å². The standard InChI is InChI=1S/C22H16ClFN4O4/c23-15-5-4-14(7-16(15)24)30-17(18(26)29)21-9-22(10-21,11-21)19-27-28-20(32-19)31-13-3-1-2-12(6-13)8-25/h1-7,17H,9-11H2,(H2,26,29). The van der Waals surface area contributed by atoms with Crippen molar-refractivity contribution in [3.8, 4) is 23.6 Å². The van der Waals surface area contributed by atoms with Gasteiger partial charge in [0.05, 0.1) is 22.1 Å². The van der Waals surface area contributed by atoms with E-state index in [-0.39, 0.29) is 22.3 Å². The quantitative estimate of drug-likeness (QED) is 0.574. The number of aromatic nitrogens is 2. The van der Waals surface area contributed by atoms with E-state index >= 15 is 0 Å². The number of hydrogen-bond acceptors (Lipinski definition) is 7. The van der Waals surface area contributed by atoms with Crippen molar-refractivity contribution in [2.75, 3.05) is 0 Å². The number of benzene rings is 2. The second kappa shape index (κ2) is 7.21. The fourth-order valence-corrected chi connectivity index (χ4v) is 4.86. The van der Waals surface area contributed by atoms with Crippen LogP contribution in [0, 0.1) is 22.6 Å². The van der Waals surface area contributed by atoms with Gasteiger partial charge < -0.3 is 19.6 Å². The van der Waals surface area contributed by atoms with Crippen molar-refractivity contribution in [2.45, 2.75) is 30.8 Å². The first-order chi connectivity index (χ1) is 15.3. The summed E-state index contributed by atoms with van der Waals surface area (Å²) in [6, 6.07) is 12.6. The third-order valence-corrected chi connectivity index (χ3v) is 6.37. The summed E-state index contributed by atoms with van der Waals surface area (Å²) in [5, 5.41) is 17.0. The Labute approximate surface area is 186 Å². The number of primary amides is 1. The summed E-state index contributed by atoms with van der Waals surface area (Å²) < 4.78 is 30.7. The molecule has 2 N–H and O–H groups in total. The van der Waals surface area contributed by atoms with E-state index in [1.165, 1.54) is 12.1 Å². The van der Waals surface area contributed by atoms with E-state index in [2.05, 4.69) is 10.2 Å². The summed E-state index contributed by atoms with van der Waals surface area (Å²) in [5.41, 5.74) is 5.19. The maximum Gasteiger partial charge on any atom is 0.420 e. The molecule has 32 heavy (non-hydrogen) atoms. The molecule has 2 aromatic carbocycles. The third-order valence-electron chi connectivity index (χ3n) is 6.06. The average Bonchev–Trinajstić information content (AvgIpc) is 3.16. The highest BCUT2D eigenvalue weighted by molar-refractivity contribution is 6.30. The second-order valence-corrected chi connectivity index (χ2v) is 8.67. The molecule has 162 valence electrons. The first-order valence-corrected chi connectivity index (χ1v) is 10.1. The molecule has 1 unspecified atom stereocenters. The number of rotatable bonds is 7. The number of carbonyl (C=O) groups is 1. The molecular weight excluding hydrogens is 439 g/mol. The average molecular weight is 455 g/mol. The fraction of sp³-hybridized carbons (Fsp3) is 0.273. The summed E-state index contributed by atoms with van der Waals surface area (Å²) in [6.45, 7) is 0. The van der Waals surface area contributed by atoms with Crippen LogP contribution in [-0.2, 0) is 10.2 Å². The molecule has 1 aromatic heterocycles. The Kier molecular flexibility index (Phi) is 4.57. The lowest BCUT2D eigenvalue weighted by molar-refractivity contribution is -0.208. The van der Waals surface area contributed by atoms with Gasteiger partial charge in [-0.05, 0) is 49.6 Å². The highest BCUT2D eigenvalue weighted by atomic mass is 35.5. The highest BCUT2D eigenvalue weighted by Gasteiger charge is 2.75. The van der Waals surface area contributed by atoms with Crippen molar-refractivity contribution in [1.29, 1.82) is 5.26 Å². The molecule has 3 fully saturated rings. The molecule has 0 aliphatic heterocycles. The lowest BCUT2D eigenvalue weighted by Gasteiger charge is -2.69. The molecule has 3 aromatic rings. The van der Waals surface area contributed by atoms with Crippen molar-refractivity contribution in [3.05, 3.63) is 64.8 Å². The predicted octanol–water partition coefficient (Wildman–Crippen LogP) is 3.88. The van der Waals surface area contributed by atoms with Crippen LogP contribution < -0.4 is 15.2 Å². The van der Waals surface area contributed by atoms with E-state index in [9.17, 15) is 9.18 Å². The summed E-state index contributed by atoms with van der Waals surface area (Å²) >= 11 is 5.70. The van der Waals surface area contributed by atoms with Crippen molar-refractivity contribution >= 4 is 17.5 Å². The van der Waals surface area contributed by atoms with Crippen LogP contribution in [0.4, 0.5) is 4.39 Å². The number of ether oxygens (including phenoxy) is 2. The Balaban J connectivity index is 1.28. The predicted molar refractivity (Wildman–Crippen MR) is 109 cm³/mol. The minimum atomic E-state index is -0.919. The number of nitrogens with zero attached hydrogens (tertiary/aromatic N) is 3. The molecule has 0 saturated heterocycles. The maximum atomic E-state index is 13.7. The SMILES string of the molecule is N#Cc1cccc(Oc2nnc(C34CC(C(Oc5ccc(Cl)c(F)c5)C(N)=O)(C3)C4)o2)c1. The van der Waals surface area contributed by atoms with Gasteiger partial charge in [0.25, 0.3) is 5.91 Å². The van der Waals surface area contributed by atoms with Crippen LogP contribution in [0.2, 0.25) is 5.02 Å². The molecule has 3 saturated carbocycles. The van der Waals surface area contributed by atoms with Crippen LogP contribution >= 0.6 is 11.6 Å². The molecule has 2 bridgehead atoms. The summed E-state index contributed by atoms with van der Waals surface area (Å²) in [6.07, 6.45) is 0.741. The monoisotopic (exact) mass is 454 g/mol. The minimum Gasteiger partial charge on any atom is -0.480 e. The molecule has 3 aliphatic rings. The molecular formula is C22H16ClFN4O4. The fourth-order valence-electron chi connectivity index (χ4n) is 4.74. The van der Waals surface area contributed by atoms with E-state index in [1.807, 2.05) is 6.07 Å². The Morgan fingerprint density at radius 2 is 2.00 bits per heavy atom. The molecule has 1 heterocycles. The van der Waals surface area contributed by atoms with Gasteiger partial charge in [0.15, 0.2) is 6.10 Å². The topological polar surface area (TPSA) is 124 Å². The van der Waals surface area contributed by atoms with Gasteiger partial charge in [0.1, 0.15) is 17.3 Å². The van der Waals surface area contributed by atoms with Gasteiger partial charge in [-0.2, -0.15) is 5.26 Å². The number of nitriles is 1. The van der Waals surface area contributed by atoms with Gasteiger partial charge in [-0.1, -0.05) is 22.8 Å². The molecule has 1 amide bonds. The Hall–Kier alpha value is -3.64. The maximum absolute atomic E-state index is 13.7.